The molecule has 0 aromatic carbocycles. The summed E-state index contributed by atoms with van der Waals surface area (Å²) in [7, 11) is 0. The van der Waals surface area contributed by atoms with Crippen LogP contribution in [0.4, 0.5) is 0 Å². The maximum absolute atomic E-state index is 11.6. The number of carbonyl (C=O) groups is 1. The SMILES string of the molecule is CCCCCC=CCC=CCCCCCCCC(=O)C(O)(O)CCCl. The molecule has 0 rings (SSSR count). The summed E-state index contributed by atoms with van der Waals surface area (Å²) in [5.41, 5.74) is 0. The predicted octanol–water partition coefficient (Wildman–Crippen LogP) is 5.68. The first-order chi connectivity index (χ1) is 12.0. The Labute approximate surface area is 159 Å². The summed E-state index contributed by atoms with van der Waals surface area (Å²) in [5.74, 6) is -2.68. The van der Waals surface area contributed by atoms with Crippen molar-refractivity contribution in [2.75, 3.05) is 5.88 Å². The van der Waals surface area contributed by atoms with Gasteiger partial charge in [-0.15, -0.1) is 11.6 Å². The molecule has 0 bridgehead atoms. The smallest absolute Gasteiger partial charge is 0.225 e. The molecule has 0 aliphatic rings. The quantitative estimate of drug-likeness (QED) is 0.149. The van der Waals surface area contributed by atoms with Crippen molar-refractivity contribution in [2.24, 2.45) is 0 Å². The van der Waals surface area contributed by atoms with Gasteiger partial charge in [0.25, 0.3) is 0 Å². The summed E-state index contributed by atoms with van der Waals surface area (Å²) >= 11 is 5.45. The standard InChI is InChI=1S/C21H37ClO3/c1-2-3-4-5-6-7-8-9-10-11-12-13-14-15-16-17-20(23)21(24,25)18-19-22/h6-7,9-10,24-25H,2-5,8,11-19H2,1H3. The van der Waals surface area contributed by atoms with Crippen molar-refractivity contribution in [1.82, 2.24) is 0 Å². The Morgan fingerprint density at radius 1 is 0.880 bits per heavy atom. The number of aliphatic hydroxyl groups is 2. The van der Waals surface area contributed by atoms with Gasteiger partial charge >= 0.3 is 0 Å². The van der Waals surface area contributed by atoms with E-state index in [-0.39, 0.29) is 18.7 Å². The minimum absolute atomic E-state index is 0.0703. The van der Waals surface area contributed by atoms with E-state index in [1.165, 1.54) is 32.1 Å². The van der Waals surface area contributed by atoms with E-state index in [1.54, 1.807) is 0 Å². The largest absolute Gasteiger partial charge is 0.360 e. The number of hydrogen-bond donors (Lipinski definition) is 2. The number of ketones is 1. The number of carbonyl (C=O) groups excluding carboxylic acids is 1. The number of Topliss-reactive ketones (excluding diaryl/α,β-unsaturated/α-hetero) is 1. The molecule has 4 heteroatoms. The van der Waals surface area contributed by atoms with Crippen LogP contribution < -0.4 is 0 Å². The third-order valence-corrected chi connectivity index (χ3v) is 4.43. The van der Waals surface area contributed by atoms with Crippen LogP contribution in [0.15, 0.2) is 24.3 Å². The minimum Gasteiger partial charge on any atom is -0.360 e. The Morgan fingerprint density at radius 3 is 2.04 bits per heavy atom. The van der Waals surface area contributed by atoms with Gasteiger partial charge in [-0.2, -0.15) is 0 Å². The van der Waals surface area contributed by atoms with E-state index in [4.69, 9.17) is 11.6 Å². The summed E-state index contributed by atoms with van der Waals surface area (Å²) in [4.78, 5) is 11.6. The molecule has 0 radical (unpaired) electrons. The van der Waals surface area contributed by atoms with E-state index in [9.17, 15) is 15.0 Å². The summed E-state index contributed by atoms with van der Waals surface area (Å²) in [6.45, 7) is 2.23. The van der Waals surface area contributed by atoms with Crippen LogP contribution in [0.2, 0.25) is 0 Å². The van der Waals surface area contributed by atoms with Crippen LogP contribution in [-0.4, -0.2) is 27.7 Å². The highest BCUT2D eigenvalue weighted by Gasteiger charge is 2.30. The Balaban J connectivity index is 3.44. The van der Waals surface area contributed by atoms with Gasteiger partial charge in [0.1, 0.15) is 0 Å². The second-order valence-corrected chi connectivity index (χ2v) is 7.04. The molecule has 146 valence electrons. The first kappa shape index (κ1) is 24.4. The molecule has 0 heterocycles. The molecular formula is C21H37ClO3. The Kier molecular flexibility index (Phi) is 16.4. The Hall–Kier alpha value is -0.640. The molecule has 0 saturated heterocycles. The van der Waals surface area contributed by atoms with Gasteiger partial charge in [-0.25, -0.2) is 0 Å². The molecule has 0 aromatic rings. The topological polar surface area (TPSA) is 57.5 Å². The number of halogens is 1. The number of rotatable bonds is 17. The number of allylic oxidation sites excluding steroid dienone is 4. The maximum Gasteiger partial charge on any atom is 0.225 e. The first-order valence-electron chi connectivity index (χ1n) is 9.88. The zero-order valence-electron chi connectivity index (χ0n) is 15.9. The summed E-state index contributed by atoms with van der Waals surface area (Å²) in [6, 6.07) is 0. The third-order valence-electron chi connectivity index (χ3n) is 4.24. The van der Waals surface area contributed by atoms with Crippen molar-refractivity contribution >= 4 is 17.4 Å². The van der Waals surface area contributed by atoms with Crippen LogP contribution in [-0.2, 0) is 4.79 Å². The minimum atomic E-state index is -2.24. The van der Waals surface area contributed by atoms with Gasteiger partial charge < -0.3 is 10.2 Å². The molecule has 0 fully saturated rings. The molecule has 0 saturated carbocycles. The predicted molar refractivity (Wildman–Crippen MR) is 107 cm³/mol. The fraction of sp³-hybridized carbons (Fsp3) is 0.762. The fourth-order valence-electron chi connectivity index (χ4n) is 2.57. The third kappa shape index (κ3) is 15.3. The van der Waals surface area contributed by atoms with Crippen molar-refractivity contribution in [3.63, 3.8) is 0 Å². The molecule has 0 aliphatic heterocycles. The van der Waals surface area contributed by atoms with Crippen molar-refractivity contribution in [2.45, 2.75) is 96.2 Å². The Bertz CT molecular complexity index is 375. The molecule has 3 nitrogen and oxygen atoms in total. The molecule has 0 unspecified atom stereocenters. The molecule has 0 spiro atoms. The zero-order valence-corrected chi connectivity index (χ0v) is 16.6. The fourth-order valence-corrected chi connectivity index (χ4v) is 2.83. The second-order valence-electron chi connectivity index (χ2n) is 6.66. The lowest BCUT2D eigenvalue weighted by atomic mass is 10.0. The van der Waals surface area contributed by atoms with E-state index < -0.39 is 11.6 Å². The van der Waals surface area contributed by atoms with E-state index in [0.717, 1.165) is 32.1 Å². The summed E-state index contributed by atoms with van der Waals surface area (Å²) in [5, 5.41) is 19.0. The van der Waals surface area contributed by atoms with Gasteiger partial charge in [0.15, 0.2) is 5.78 Å². The van der Waals surface area contributed by atoms with Crippen LogP contribution >= 0.6 is 11.6 Å². The van der Waals surface area contributed by atoms with Crippen LogP contribution in [0.5, 0.6) is 0 Å². The molecule has 0 aliphatic carbocycles. The van der Waals surface area contributed by atoms with E-state index in [1.807, 2.05) is 0 Å². The van der Waals surface area contributed by atoms with Crippen molar-refractivity contribution in [3.8, 4) is 0 Å². The van der Waals surface area contributed by atoms with Crippen molar-refractivity contribution in [3.05, 3.63) is 24.3 Å². The van der Waals surface area contributed by atoms with E-state index in [2.05, 4.69) is 31.2 Å². The number of unbranched alkanes of at least 4 members (excludes halogenated alkanes) is 8. The van der Waals surface area contributed by atoms with Gasteiger partial charge in [0, 0.05) is 18.7 Å². The van der Waals surface area contributed by atoms with E-state index in [0.29, 0.717) is 6.42 Å². The van der Waals surface area contributed by atoms with Crippen LogP contribution in [0.3, 0.4) is 0 Å². The van der Waals surface area contributed by atoms with Gasteiger partial charge in [-0.3, -0.25) is 4.79 Å². The first-order valence-corrected chi connectivity index (χ1v) is 10.4. The molecule has 0 amide bonds. The van der Waals surface area contributed by atoms with Gasteiger partial charge in [0.2, 0.25) is 5.79 Å². The molecule has 2 N–H and O–H groups in total. The van der Waals surface area contributed by atoms with Gasteiger partial charge in [-0.1, -0.05) is 63.3 Å². The lowest BCUT2D eigenvalue weighted by molar-refractivity contribution is -0.183. The van der Waals surface area contributed by atoms with Crippen molar-refractivity contribution in [1.29, 1.82) is 0 Å². The van der Waals surface area contributed by atoms with Crippen molar-refractivity contribution < 1.29 is 15.0 Å². The highest BCUT2D eigenvalue weighted by Crippen LogP contribution is 2.15. The molecule has 0 aromatic heterocycles. The van der Waals surface area contributed by atoms with Crippen LogP contribution in [0, 0.1) is 0 Å². The molecular weight excluding hydrogens is 336 g/mol. The summed E-state index contributed by atoms with van der Waals surface area (Å²) < 4.78 is 0. The normalized spacial score (nSPS) is 12.5. The summed E-state index contributed by atoms with van der Waals surface area (Å²) in [6.07, 6.45) is 21.4. The average Bonchev–Trinajstić information content (AvgIpc) is 2.58. The maximum atomic E-state index is 11.6. The van der Waals surface area contributed by atoms with Crippen LogP contribution in [0.1, 0.15) is 90.4 Å². The lowest BCUT2D eigenvalue weighted by Gasteiger charge is -2.18. The average molecular weight is 373 g/mol. The van der Waals surface area contributed by atoms with Gasteiger partial charge in [0.05, 0.1) is 0 Å². The monoisotopic (exact) mass is 372 g/mol. The zero-order chi connectivity index (χ0) is 18.8. The molecule has 0 atom stereocenters. The second kappa shape index (κ2) is 16.8. The Morgan fingerprint density at radius 2 is 1.44 bits per heavy atom. The lowest BCUT2D eigenvalue weighted by Crippen LogP contribution is -2.38. The highest BCUT2D eigenvalue weighted by atomic mass is 35.5. The van der Waals surface area contributed by atoms with Gasteiger partial charge in [-0.05, 0) is 38.5 Å². The van der Waals surface area contributed by atoms with E-state index >= 15 is 0 Å². The highest BCUT2D eigenvalue weighted by molar-refractivity contribution is 6.18. The van der Waals surface area contributed by atoms with Crippen LogP contribution in [0.25, 0.3) is 0 Å². The number of hydrogen-bond acceptors (Lipinski definition) is 3. The number of alkyl halides is 1. The molecule has 25 heavy (non-hydrogen) atoms.